The molecule has 0 spiro atoms. The van der Waals surface area contributed by atoms with Crippen molar-refractivity contribution in [2.24, 2.45) is 0 Å². The van der Waals surface area contributed by atoms with Crippen LogP contribution in [0.25, 0.3) is 0 Å². The lowest BCUT2D eigenvalue weighted by Crippen LogP contribution is -2.33. The monoisotopic (exact) mass is 190 g/mol. The van der Waals surface area contributed by atoms with Crippen molar-refractivity contribution in [1.82, 2.24) is 10.2 Å². The molecular formula is C9H19FN2O. The third kappa shape index (κ3) is 5.58. The molecule has 0 aromatic heterocycles. The van der Waals surface area contributed by atoms with Gasteiger partial charge in [0.05, 0.1) is 0 Å². The van der Waals surface area contributed by atoms with E-state index < -0.39 is 0 Å². The standard InChI is InChI=1S/C9H19FN2O/c1-3-12(4-2)9(13)5-7-11-8-6-10/h11H,3-8H2,1-2H3. The minimum atomic E-state index is -0.376. The van der Waals surface area contributed by atoms with E-state index in [1.165, 1.54) is 0 Å². The normalized spacial score (nSPS) is 10.1. The van der Waals surface area contributed by atoms with Gasteiger partial charge >= 0.3 is 0 Å². The highest BCUT2D eigenvalue weighted by molar-refractivity contribution is 5.76. The number of halogens is 1. The van der Waals surface area contributed by atoms with E-state index in [4.69, 9.17) is 0 Å². The molecule has 3 nitrogen and oxygen atoms in total. The summed E-state index contributed by atoms with van der Waals surface area (Å²) < 4.78 is 11.7. The van der Waals surface area contributed by atoms with Crippen molar-refractivity contribution in [3.8, 4) is 0 Å². The third-order valence-electron chi connectivity index (χ3n) is 1.90. The van der Waals surface area contributed by atoms with E-state index in [1.54, 1.807) is 4.90 Å². The molecule has 0 atom stereocenters. The van der Waals surface area contributed by atoms with Gasteiger partial charge in [0, 0.05) is 32.6 Å². The van der Waals surface area contributed by atoms with Crippen molar-refractivity contribution >= 4 is 5.91 Å². The molecule has 0 rings (SSSR count). The summed E-state index contributed by atoms with van der Waals surface area (Å²) in [5.41, 5.74) is 0. The molecule has 0 heterocycles. The predicted molar refractivity (Wildman–Crippen MR) is 51.4 cm³/mol. The van der Waals surface area contributed by atoms with Crippen molar-refractivity contribution in [3.05, 3.63) is 0 Å². The number of nitrogens with zero attached hydrogens (tertiary/aromatic N) is 1. The van der Waals surface area contributed by atoms with Gasteiger partial charge in [-0.25, -0.2) is 4.39 Å². The molecule has 1 amide bonds. The van der Waals surface area contributed by atoms with Gasteiger partial charge in [0.1, 0.15) is 6.67 Å². The van der Waals surface area contributed by atoms with Gasteiger partial charge in [-0.05, 0) is 13.8 Å². The van der Waals surface area contributed by atoms with Crippen LogP contribution in [0.1, 0.15) is 20.3 Å². The average Bonchev–Trinajstić information content (AvgIpc) is 2.14. The zero-order valence-corrected chi connectivity index (χ0v) is 8.48. The summed E-state index contributed by atoms with van der Waals surface area (Å²) in [5, 5.41) is 2.85. The number of alkyl halides is 1. The number of nitrogens with one attached hydrogen (secondary N) is 1. The summed E-state index contributed by atoms with van der Waals surface area (Å²) in [4.78, 5) is 13.1. The van der Waals surface area contributed by atoms with Gasteiger partial charge in [0.2, 0.25) is 5.91 Å². The number of rotatable bonds is 7. The SMILES string of the molecule is CCN(CC)C(=O)CCNCCF. The van der Waals surface area contributed by atoms with E-state index in [-0.39, 0.29) is 12.6 Å². The van der Waals surface area contributed by atoms with Gasteiger partial charge in [-0.15, -0.1) is 0 Å². The molecule has 0 aliphatic heterocycles. The molecule has 0 aliphatic rings. The second kappa shape index (κ2) is 7.98. The van der Waals surface area contributed by atoms with Crippen molar-refractivity contribution < 1.29 is 9.18 Å². The first-order valence-corrected chi connectivity index (χ1v) is 4.80. The molecular weight excluding hydrogens is 171 g/mol. The van der Waals surface area contributed by atoms with Gasteiger partial charge in [0.25, 0.3) is 0 Å². The van der Waals surface area contributed by atoms with Gasteiger partial charge in [-0.2, -0.15) is 0 Å². The molecule has 0 aromatic rings. The Bertz CT molecular complexity index is 138. The first-order valence-electron chi connectivity index (χ1n) is 4.80. The quantitative estimate of drug-likeness (QED) is 0.602. The number of amides is 1. The largest absolute Gasteiger partial charge is 0.343 e. The molecule has 0 saturated heterocycles. The maximum atomic E-state index is 11.7. The topological polar surface area (TPSA) is 32.3 Å². The summed E-state index contributed by atoms with van der Waals surface area (Å²) in [6, 6.07) is 0. The molecule has 4 heteroatoms. The Morgan fingerprint density at radius 2 is 1.92 bits per heavy atom. The van der Waals surface area contributed by atoms with Gasteiger partial charge in [-0.3, -0.25) is 4.79 Å². The zero-order valence-electron chi connectivity index (χ0n) is 8.48. The van der Waals surface area contributed by atoms with Crippen molar-refractivity contribution in [2.45, 2.75) is 20.3 Å². The number of hydrogen-bond donors (Lipinski definition) is 1. The van der Waals surface area contributed by atoms with E-state index >= 15 is 0 Å². The van der Waals surface area contributed by atoms with E-state index in [0.717, 1.165) is 13.1 Å². The zero-order chi connectivity index (χ0) is 10.1. The Hall–Kier alpha value is -0.640. The van der Waals surface area contributed by atoms with Crippen molar-refractivity contribution in [3.63, 3.8) is 0 Å². The fourth-order valence-electron chi connectivity index (χ4n) is 1.12. The van der Waals surface area contributed by atoms with Crippen LogP contribution in [-0.2, 0) is 4.79 Å². The van der Waals surface area contributed by atoms with E-state index in [0.29, 0.717) is 19.5 Å². The van der Waals surface area contributed by atoms with Crippen LogP contribution in [-0.4, -0.2) is 43.7 Å². The fraction of sp³-hybridized carbons (Fsp3) is 0.889. The third-order valence-corrected chi connectivity index (χ3v) is 1.90. The van der Waals surface area contributed by atoms with Gasteiger partial charge in [-0.1, -0.05) is 0 Å². The summed E-state index contributed by atoms with van der Waals surface area (Å²) in [6.07, 6.45) is 0.460. The second-order valence-electron chi connectivity index (χ2n) is 2.76. The molecule has 0 aliphatic carbocycles. The first kappa shape index (κ1) is 12.4. The Morgan fingerprint density at radius 3 is 2.38 bits per heavy atom. The summed E-state index contributed by atoms with van der Waals surface area (Å²) in [5.74, 6) is 0.136. The van der Waals surface area contributed by atoms with Gasteiger partial charge < -0.3 is 10.2 Å². The van der Waals surface area contributed by atoms with Crippen LogP contribution in [0.5, 0.6) is 0 Å². The van der Waals surface area contributed by atoms with E-state index in [1.807, 2.05) is 13.8 Å². The number of hydrogen-bond acceptors (Lipinski definition) is 2. The van der Waals surface area contributed by atoms with Crippen LogP contribution in [0.2, 0.25) is 0 Å². The number of carbonyl (C=O) groups excluding carboxylic acids is 1. The Labute approximate surface area is 79.3 Å². The Morgan fingerprint density at radius 1 is 1.31 bits per heavy atom. The fourth-order valence-corrected chi connectivity index (χ4v) is 1.12. The second-order valence-corrected chi connectivity index (χ2v) is 2.76. The highest BCUT2D eigenvalue weighted by atomic mass is 19.1. The molecule has 0 radical (unpaired) electrons. The summed E-state index contributed by atoms with van der Waals surface area (Å²) in [7, 11) is 0. The predicted octanol–water partition coefficient (Wildman–Crippen LogP) is 0.804. The van der Waals surface area contributed by atoms with Crippen molar-refractivity contribution in [1.29, 1.82) is 0 Å². The average molecular weight is 190 g/mol. The maximum absolute atomic E-state index is 11.7. The maximum Gasteiger partial charge on any atom is 0.223 e. The van der Waals surface area contributed by atoms with E-state index in [2.05, 4.69) is 5.32 Å². The number of carbonyl (C=O) groups is 1. The van der Waals surface area contributed by atoms with Crippen LogP contribution in [0.3, 0.4) is 0 Å². The molecule has 0 bridgehead atoms. The lowest BCUT2D eigenvalue weighted by Gasteiger charge is -2.18. The van der Waals surface area contributed by atoms with E-state index in [9.17, 15) is 9.18 Å². The smallest absolute Gasteiger partial charge is 0.223 e. The minimum Gasteiger partial charge on any atom is -0.343 e. The molecule has 0 aromatic carbocycles. The van der Waals surface area contributed by atoms with Gasteiger partial charge in [0.15, 0.2) is 0 Å². The highest BCUT2D eigenvalue weighted by Gasteiger charge is 2.07. The van der Waals surface area contributed by atoms with Crippen LogP contribution in [0.4, 0.5) is 4.39 Å². The molecule has 1 N–H and O–H groups in total. The summed E-state index contributed by atoms with van der Waals surface area (Å²) in [6.45, 7) is 5.94. The lowest BCUT2D eigenvalue weighted by atomic mass is 10.3. The lowest BCUT2D eigenvalue weighted by molar-refractivity contribution is -0.130. The van der Waals surface area contributed by atoms with Crippen molar-refractivity contribution in [2.75, 3.05) is 32.9 Å². The van der Waals surface area contributed by atoms with Crippen LogP contribution in [0.15, 0.2) is 0 Å². The molecule has 0 saturated carbocycles. The molecule has 0 fully saturated rings. The van der Waals surface area contributed by atoms with Crippen LogP contribution >= 0.6 is 0 Å². The summed E-state index contributed by atoms with van der Waals surface area (Å²) >= 11 is 0. The molecule has 13 heavy (non-hydrogen) atoms. The Kier molecular flexibility index (Phi) is 7.59. The Balaban J connectivity index is 3.48. The molecule has 78 valence electrons. The highest BCUT2D eigenvalue weighted by Crippen LogP contribution is 1.92. The molecule has 0 unspecified atom stereocenters. The van der Waals surface area contributed by atoms with Crippen LogP contribution < -0.4 is 5.32 Å². The van der Waals surface area contributed by atoms with Crippen LogP contribution in [0, 0.1) is 0 Å². The minimum absolute atomic E-state index is 0.136. The first-order chi connectivity index (χ1) is 6.26.